The lowest BCUT2D eigenvalue weighted by Gasteiger charge is -2.41. The van der Waals surface area contributed by atoms with Gasteiger partial charge in [0.25, 0.3) is 0 Å². The van der Waals surface area contributed by atoms with Crippen LogP contribution in [0, 0.1) is 17.0 Å². The fourth-order valence-electron chi connectivity index (χ4n) is 6.31. The molecule has 0 bridgehead atoms. The van der Waals surface area contributed by atoms with E-state index in [4.69, 9.17) is 28.9 Å². The van der Waals surface area contributed by atoms with Gasteiger partial charge in [0, 0.05) is 29.1 Å². The number of rotatable bonds is 5. The second-order valence-corrected chi connectivity index (χ2v) is 12.4. The Morgan fingerprint density at radius 3 is 2.54 bits per heavy atom. The standard InChI is InChI=1S/C28H35Cl2F2N3O2/c1-27(2,3)14-22-28(33,19-11-10-16(29)13-21(19)31)23(18-8-5-9-20(30)24(18)32)25(34(22)4)26(37)35-12-6-7-17(35)15-36/h5,8-11,13,17,22-23,25,36H,6-7,12,14-15,33H2,1-4H3/t17-,22+,23+,25-,28-/m1/s1. The summed E-state index contributed by atoms with van der Waals surface area (Å²) in [5, 5.41) is 10.0. The van der Waals surface area contributed by atoms with Gasteiger partial charge in [-0.3, -0.25) is 9.69 Å². The summed E-state index contributed by atoms with van der Waals surface area (Å²) in [6.45, 7) is 6.46. The summed E-state index contributed by atoms with van der Waals surface area (Å²) < 4.78 is 31.4. The highest BCUT2D eigenvalue weighted by Gasteiger charge is 2.62. The minimum Gasteiger partial charge on any atom is -0.394 e. The van der Waals surface area contributed by atoms with Crippen molar-refractivity contribution < 1.29 is 18.7 Å². The normalized spacial score (nSPS) is 28.8. The molecule has 4 rings (SSSR count). The molecule has 0 radical (unpaired) electrons. The molecule has 0 saturated carbocycles. The van der Waals surface area contributed by atoms with Gasteiger partial charge in [-0.25, -0.2) is 8.78 Å². The van der Waals surface area contributed by atoms with Gasteiger partial charge < -0.3 is 15.7 Å². The summed E-state index contributed by atoms with van der Waals surface area (Å²) >= 11 is 12.3. The summed E-state index contributed by atoms with van der Waals surface area (Å²) in [4.78, 5) is 17.8. The van der Waals surface area contributed by atoms with Crippen LogP contribution in [0.15, 0.2) is 36.4 Å². The van der Waals surface area contributed by atoms with Crippen LogP contribution < -0.4 is 5.73 Å². The van der Waals surface area contributed by atoms with Gasteiger partial charge in [-0.15, -0.1) is 0 Å². The van der Waals surface area contributed by atoms with E-state index in [1.807, 2.05) is 25.7 Å². The monoisotopic (exact) mass is 553 g/mol. The van der Waals surface area contributed by atoms with E-state index in [-0.39, 0.29) is 45.1 Å². The highest BCUT2D eigenvalue weighted by molar-refractivity contribution is 6.31. The first-order valence-corrected chi connectivity index (χ1v) is 13.4. The number of benzene rings is 2. The number of nitrogens with two attached hydrogens (primary N) is 1. The summed E-state index contributed by atoms with van der Waals surface area (Å²) in [6, 6.07) is 7.15. The zero-order valence-electron chi connectivity index (χ0n) is 21.6. The fourth-order valence-corrected chi connectivity index (χ4v) is 6.65. The highest BCUT2D eigenvalue weighted by Crippen LogP contribution is 2.54. The summed E-state index contributed by atoms with van der Waals surface area (Å²) in [7, 11) is 1.79. The molecule has 2 saturated heterocycles. The van der Waals surface area contributed by atoms with Gasteiger partial charge in [-0.1, -0.05) is 62.2 Å². The first kappa shape index (κ1) is 28.2. The van der Waals surface area contributed by atoms with E-state index < -0.39 is 35.2 Å². The second kappa shape index (κ2) is 10.4. The second-order valence-electron chi connectivity index (χ2n) is 11.6. The Balaban J connectivity index is 1.99. The van der Waals surface area contributed by atoms with Crippen molar-refractivity contribution in [1.29, 1.82) is 0 Å². The van der Waals surface area contributed by atoms with Crippen LogP contribution in [0.3, 0.4) is 0 Å². The highest BCUT2D eigenvalue weighted by atomic mass is 35.5. The number of aliphatic hydroxyl groups excluding tert-OH is 1. The molecule has 9 heteroatoms. The number of carbonyl (C=O) groups is 1. The molecule has 0 spiro atoms. The number of hydrogen-bond donors (Lipinski definition) is 2. The summed E-state index contributed by atoms with van der Waals surface area (Å²) in [6.07, 6.45) is 1.95. The Kier molecular flexibility index (Phi) is 7.95. The largest absolute Gasteiger partial charge is 0.394 e. The number of amides is 1. The van der Waals surface area contributed by atoms with Crippen LogP contribution in [0.1, 0.15) is 57.1 Å². The van der Waals surface area contributed by atoms with Gasteiger partial charge in [-0.05, 0) is 55.5 Å². The van der Waals surface area contributed by atoms with Crippen molar-refractivity contribution in [3.05, 3.63) is 69.2 Å². The lowest BCUT2D eigenvalue weighted by atomic mass is 9.68. The maximum absolute atomic E-state index is 15.7. The quantitative estimate of drug-likeness (QED) is 0.526. The number of hydrogen-bond acceptors (Lipinski definition) is 4. The average molecular weight is 555 g/mol. The van der Waals surface area contributed by atoms with Gasteiger partial charge in [0.05, 0.1) is 29.3 Å². The third kappa shape index (κ3) is 5.01. The van der Waals surface area contributed by atoms with E-state index in [2.05, 4.69) is 0 Å². The topological polar surface area (TPSA) is 69.8 Å². The van der Waals surface area contributed by atoms with E-state index in [9.17, 15) is 9.90 Å². The van der Waals surface area contributed by atoms with Crippen molar-refractivity contribution in [3.8, 4) is 0 Å². The molecule has 2 aromatic rings. The first-order chi connectivity index (χ1) is 17.3. The van der Waals surface area contributed by atoms with Crippen molar-refractivity contribution in [2.24, 2.45) is 11.1 Å². The molecule has 3 N–H and O–H groups in total. The van der Waals surface area contributed by atoms with Crippen LogP contribution in [0.25, 0.3) is 0 Å². The molecule has 2 aliphatic heterocycles. The zero-order valence-corrected chi connectivity index (χ0v) is 23.2. The number of aliphatic hydroxyl groups is 1. The van der Waals surface area contributed by atoms with Crippen molar-refractivity contribution >= 4 is 29.1 Å². The maximum Gasteiger partial charge on any atom is 0.240 e. The first-order valence-electron chi connectivity index (χ1n) is 12.6. The van der Waals surface area contributed by atoms with E-state index in [1.54, 1.807) is 30.1 Å². The zero-order chi connectivity index (χ0) is 27.3. The molecule has 202 valence electrons. The van der Waals surface area contributed by atoms with Gasteiger partial charge in [0.15, 0.2) is 0 Å². The smallest absolute Gasteiger partial charge is 0.240 e. The minimum atomic E-state index is -1.50. The van der Waals surface area contributed by atoms with Crippen molar-refractivity contribution in [2.75, 3.05) is 20.2 Å². The molecule has 2 aliphatic rings. The predicted octanol–water partition coefficient (Wildman–Crippen LogP) is 5.31. The molecule has 0 aliphatic carbocycles. The van der Waals surface area contributed by atoms with E-state index >= 15 is 8.78 Å². The Bertz CT molecular complexity index is 1170. The molecular formula is C28H35Cl2F2N3O2. The number of halogens is 4. The van der Waals surface area contributed by atoms with Gasteiger partial charge in [0.1, 0.15) is 11.6 Å². The number of carbonyl (C=O) groups excluding carboxylic acids is 1. The van der Waals surface area contributed by atoms with Crippen LogP contribution in [0.2, 0.25) is 10.0 Å². The molecular weight excluding hydrogens is 519 g/mol. The van der Waals surface area contributed by atoms with Crippen molar-refractivity contribution in [2.45, 2.75) is 69.6 Å². The van der Waals surface area contributed by atoms with E-state index in [0.29, 0.717) is 19.4 Å². The molecule has 0 aromatic heterocycles. The van der Waals surface area contributed by atoms with Crippen LogP contribution in [0.5, 0.6) is 0 Å². The molecule has 5 nitrogen and oxygen atoms in total. The Hall–Kier alpha value is -1.77. The predicted molar refractivity (Wildman–Crippen MR) is 143 cm³/mol. The Morgan fingerprint density at radius 2 is 1.92 bits per heavy atom. The maximum atomic E-state index is 15.7. The molecule has 2 aromatic carbocycles. The summed E-state index contributed by atoms with van der Waals surface area (Å²) in [5.74, 6) is -2.52. The summed E-state index contributed by atoms with van der Waals surface area (Å²) in [5.41, 5.74) is 5.88. The average Bonchev–Trinajstić information content (AvgIpc) is 3.37. The van der Waals surface area contributed by atoms with Crippen LogP contribution in [0.4, 0.5) is 8.78 Å². The van der Waals surface area contributed by atoms with E-state index in [1.165, 1.54) is 18.2 Å². The van der Waals surface area contributed by atoms with Crippen LogP contribution in [-0.2, 0) is 10.3 Å². The molecule has 5 atom stereocenters. The Labute approximate surface area is 227 Å². The molecule has 2 fully saturated rings. The lowest BCUT2D eigenvalue weighted by Crippen LogP contribution is -2.52. The number of likely N-dealkylation sites (tertiary alicyclic amines) is 2. The lowest BCUT2D eigenvalue weighted by molar-refractivity contribution is -0.138. The third-order valence-electron chi connectivity index (χ3n) is 7.96. The van der Waals surface area contributed by atoms with E-state index in [0.717, 1.165) is 6.42 Å². The van der Waals surface area contributed by atoms with Gasteiger partial charge in [-0.2, -0.15) is 0 Å². The van der Waals surface area contributed by atoms with Gasteiger partial charge in [0.2, 0.25) is 5.91 Å². The van der Waals surface area contributed by atoms with Gasteiger partial charge >= 0.3 is 0 Å². The molecule has 2 heterocycles. The molecule has 37 heavy (non-hydrogen) atoms. The molecule has 0 unspecified atom stereocenters. The van der Waals surface area contributed by atoms with Crippen LogP contribution in [-0.4, -0.2) is 59.1 Å². The number of likely N-dealkylation sites (N-methyl/N-ethyl adjacent to an activating group) is 1. The van der Waals surface area contributed by atoms with Crippen molar-refractivity contribution in [3.63, 3.8) is 0 Å². The fraction of sp³-hybridized carbons (Fsp3) is 0.536. The van der Waals surface area contributed by atoms with Crippen molar-refractivity contribution in [1.82, 2.24) is 9.80 Å². The van der Waals surface area contributed by atoms with Crippen LogP contribution >= 0.6 is 23.2 Å². The third-order valence-corrected chi connectivity index (χ3v) is 8.48. The molecule has 1 amide bonds. The Morgan fingerprint density at radius 1 is 1.22 bits per heavy atom. The minimum absolute atomic E-state index is 0.0982. The SMILES string of the molecule is CN1[C@@H](CC(C)(C)C)[C@](N)(c2ccc(Cl)cc2F)[C@@H](c2cccc(Cl)c2F)[C@@H]1C(=O)N1CCC[C@@H]1CO. The number of nitrogens with zero attached hydrogens (tertiary/aromatic N) is 2.